The number of hydrogen-bond donors (Lipinski definition) is 1. The molecular formula is C22H24F3N7OS. The van der Waals surface area contributed by atoms with Crippen LogP contribution in [0.5, 0.6) is 0 Å². The second-order valence-corrected chi connectivity index (χ2v) is 9.35. The van der Waals surface area contributed by atoms with Gasteiger partial charge >= 0.3 is 6.18 Å². The number of aromatic nitrogens is 5. The fourth-order valence-electron chi connectivity index (χ4n) is 3.59. The lowest BCUT2D eigenvalue weighted by Gasteiger charge is -2.25. The van der Waals surface area contributed by atoms with E-state index in [0.29, 0.717) is 34.9 Å². The number of carbonyl (C=O) groups is 1. The molecule has 4 rings (SSSR count). The van der Waals surface area contributed by atoms with Gasteiger partial charge in [-0.25, -0.2) is 4.98 Å². The quantitative estimate of drug-likeness (QED) is 0.503. The highest BCUT2D eigenvalue weighted by atomic mass is 32.2. The molecule has 2 aromatic heterocycles. The molecule has 0 spiro atoms. The van der Waals surface area contributed by atoms with E-state index in [2.05, 4.69) is 39.1 Å². The average Bonchev–Trinajstić information content (AvgIpc) is 3.40. The number of rotatable bonds is 6. The van der Waals surface area contributed by atoms with Crippen LogP contribution in [0.2, 0.25) is 0 Å². The fraction of sp³-hybridized carbons (Fsp3) is 0.409. The van der Waals surface area contributed by atoms with Gasteiger partial charge in [-0.3, -0.25) is 9.69 Å². The molecule has 1 N–H and O–H groups in total. The molecule has 1 aliphatic rings. The molecule has 1 aromatic carbocycles. The molecule has 2 atom stereocenters. The minimum Gasteiger partial charge on any atom is -0.346 e. The van der Waals surface area contributed by atoms with Gasteiger partial charge in [-0.05, 0) is 44.0 Å². The Labute approximate surface area is 199 Å². The van der Waals surface area contributed by atoms with Crippen LogP contribution in [0.1, 0.15) is 43.9 Å². The van der Waals surface area contributed by atoms with E-state index in [0.717, 1.165) is 12.1 Å². The number of benzene rings is 1. The van der Waals surface area contributed by atoms with Crippen molar-refractivity contribution < 1.29 is 18.0 Å². The van der Waals surface area contributed by atoms with Crippen molar-refractivity contribution in [3.63, 3.8) is 0 Å². The molecule has 0 unspecified atom stereocenters. The van der Waals surface area contributed by atoms with Crippen LogP contribution in [-0.4, -0.2) is 41.5 Å². The number of carbonyl (C=O) groups excluding carboxylic acids is 1. The number of anilines is 2. The first kappa shape index (κ1) is 24.0. The Morgan fingerprint density at radius 1 is 1.12 bits per heavy atom. The number of aryl methyl sites for hydroxylation is 1. The maximum atomic E-state index is 12.8. The first-order valence-corrected chi connectivity index (χ1v) is 11.7. The Hall–Kier alpha value is -3.15. The molecule has 3 aromatic rings. The summed E-state index contributed by atoms with van der Waals surface area (Å²) in [6.45, 7) is 7.71. The summed E-state index contributed by atoms with van der Waals surface area (Å²) in [6, 6.07) is 4.55. The first-order valence-electron chi connectivity index (χ1n) is 10.7. The van der Waals surface area contributed by atoms with E-state index in [-0.39, 0.29) is 23.2 Å². The zero-order chi connectivity index (χ0) is 24.6. The highest BCUT2D eigenvalue weighted by Crippen LogP contribution is 2.32. The van der Waals surface area contributed by atoms with E-state index in [4.69, 9.17) is 0 Å². The van der Waals surface area contributed by atoms with Gasteiger partial charge in [0, 0.05) is 17.6 Å². The lowest BCUT2D eigenvalue weighted by Crippen LogP contribution is -2.38. The molecule has 1 saturated heterocycles. The van der Waals surface area contributed by atoms with Crippen molar-refractivity contribution in [3.05, 3.63) is 53.9 Å². The number of halogens is 3. The standard InChI is InChI=1S/C22H24F3N7OS/c1-12(2)18-10-34-21(33)32(18)20-29-14(4)28-19(30-20)27-13(3)17-9-31(11-26-17)16-7-5-15(6-8-16)22(23,24)25/h5-9,11-13,18H,10H2,1-4H3,(H,27,28,29,30)/t13-,18+/m0/s1. The van der Waals surface area contributed by atoms with E-state index in [1.54, 1.807) is 22.6 Å². The summed E-state index contributed by atoms with van der Waals surface area (Å²) in [5.41, 5.74) is 0.497. The number of nitrogens with one attached hydrogen (secondary N) is 1. The van der Waals surface area contributed by atoms with Gasteiger partial charge < -0.3 is 9.88 Å². The highest BCUT2D eigenvalue weighted by molar-refractivity contribution is 8.14. The van der Waals surface area contributed by atoms with E-state index in [1.165, 1.54) is 30.2 Å². The van der Waals surface area contributed by atoms with Crippen molar-refractivity contribution in [2.45, 2.75) is 46.0 Å². The summed E-state index contributed by atoms with van der Waals surface area (Å²) >= 11 is 1.25. The molecular weight excluding hydrogens is 467 g/mol. The third kappa shape index (κ3) is 5.01. The van der Waals surface area contributed by atoms with Crippen molar-refractivity contribution in [1.82, 2.24) is 24.5 Å². The molecule has 34 heavy (non-hydrogen) atoms. The van der Waals surface area contributed by atoms with Crippen molar-refractivity contribution in [3.8, 4) is 5.69 Å². The molecule has 0 bridgehead atoms. The predicted octanol–water partition coefficient (Wildman–Crippen LogP) is 5.26. The minimum atomic E-state index is -4.38. The van der Waals surface area contributed by atoms with Crippen LogP contribution in [0.15, 0.2) is 36.8 Å². The van der Waals surface area contributed by atoms with Crippen molar-refractivity contribution in [2.24, 2.45) is 5.92 Å². The normalized spacial score (nSPS) is 17.5. The van der Waals surface area contributed by atoms with E-state index < -0.39 is 11.7 Å². The number of hydrogen-bond acceptors (Lipinski definition) is 7. The lowest BCUT2D eigenvalue weighted by molar-refractivity contribution is -0.137. The van der Waals surface area contributed by atoms with Crippen LogP contribution in [0.25, 0.3) is 5.69 Å². The lowest BCUT2D eigenvalue weighted by atomic mass is 10.1. The Morgan fingerprint density at radius 2 is 1.82 bits per heavy atom. The maximum absolute atomic E-state index is 12.8. The van der Waals surface area contributed by atoms with Gasteiger partial charge in [0.1, 0.15) is 5.82 Å². The molecule has 0 saturated carbocycles. The van der Waals surface area contributed by atoms with Crippen molar-refractivity contribution in [1.29, 1.82) is 0 Å². The van der Waals surface area contributed by atoms with Gasteiger partial charge in [-0.2, -0.15) is 28.1 Å². The zero-order valence-corrected chi connectivity index (χ0v) is 19.9. The predicted molar refractivity (Wildman–Crippen MR) is 124 cm³/mol. The van der Waals surface area contributed by atoms with Crippen LogP contribution in [0, 0.1) is 12.8 Å². The fourth-order valence-corrected chi connectivity index (χ4v) is 4.79. The van der Waals surface area contributed by atoms with Gasteiger partial charge in [-0.15, -0.1) is 0 Å². The van der Waals surface area contributed by atoms with Crippen LogP contribution < -0.4 is 10.2 Å². The van der Waals surface area contributed by atoms with Gasteiger partial charge in [-0.1, -0.05) is 25.6 Å². The van der Waals surface area contributed by atoms with Gasteiger partial charge in [0.15, 0.2) is 0 Å². The van der Waals surface area contributed by atoms with Gasteiger partial charge in [0.05, 0.1) is 29.7 Å². The maximum Gasteiger partial charge on any atom is 0.416 e. The largest absolute Gasteiger partial charge is 0.416 e. The Balaban J connectivity index is 1.52. The number of imidazole rings is 1. The summed E-state index contributed by atoms with van der Waals surface area (Å²) < 4.78 is 40.1. The number of nitrogens with zero attached hydrogens (tertiary/aromatic N) is 6. The molecule has 180 valence electrons. The van der Waals surface area contributed by atoms with Gasteiger partial charge in [0.2, 0.25) is 11.9 Å². The third-order valence-corrected chi connectivity index (χ3v) is 6.46. The van der Waals surface area contributed by atoms with E-state index >= 15 is 0 Å². The summed E-state index contributed by atoms with van der Waals surface area (Å²) in [5.74, 6) is 2.03. The monoisotopic (exact) mass is 491 g/mol. The molecule has 8 nitrogen and oxygen atoms in total. The van der Waals surface area contributed by atoms with Crippen molar-refractivity contribution >= 4 is 28.9 Å². The average molecular weight is 492 g/mol. The second-order valence-electron chi connectivity index (χ2n) is 8.38. The summed E-state index contributed by atoms with van der Waals surface area (Å²) in [6.07, 6.45) is -1.12. The van der Waals surface area contributed by atoms with Crippen LogP contribution >= 0.6 is 11.8 Å². The third-order valence-electron chi connectivity index (χ3n) is 5.51. The van der Waals surface area contributed by atoms with Gasteiger partial charge in [0.25, 0.3) is 5.24 Å². The molecule has 0 radical (unpaired) electrons. The molecule has 0 aliphatic carbocycles. The number of amides is 1. The molecule has 1 amide bonds. The molecule has 12 heteroatoms. The highest BCUT2D eigenvalue weighted by Gasteiger charge is 2.37. The first-order chi connectivity index (χ1) is 16.0. The number of alkyl halides is 3. The summed E-state index contributed by atoms with van der Waals surface area (Å²) in [7, 11) is 0. The Morgan fingerprint density at radius 3 is 2.47 bits per heavy atom. The molecule has 3 heterocycles. The Bertz CT molecular complexity index is 1180. The van der Waals surface area contributed by atoms with E-state index in [1.807, 2.05) is 6.92 Å². The Kier molecular flexibility index (Phi) is 6.52. The van der Waals surface area contributed by atoms with Crippen LogP contribution in [0.4, 0.5) is 29.9 Å². The molecule has 1 fully saturated rings. The minimum absolute atomic E-state index is 0.00371. The summed E-state index contributed by atoms with van der Waals surface area (Å²) in [4.78, 5) is 31.7. The smallest absolute Gasteiger partial charge is 0.346 e. The zero-order valence-electron chi connectivity index (χ0n) is 19.0. The number of thioether (sulfide) groups is 1. The van der Waals surface area contributed by atoms with Crippen LogP contribution in [-0.2, 0) is 6.18 Å². The molecule has 1 aliphatic heterocycles. The van der Waals surface area contributed by atoms with E-state index in [9.17, 15) is 18.0 Å². The summed E-state index contributed by atoms with van der Waals surface area (Å²) in [5, 5.41) is 3.10. The van der Waals surface area contributed by atoms with Crippen LogP contribution in [0.3, 0.4) is 0 Å². The topological polar surface area (TPSA) is 88.8 Å². The second kappa shape index (κ2) is 9.24. The van der Waals surface area contributed by atoms with Crippen molar-refractivity contribution in [2.75, 3.05) is 16.0 Å². The SMILES string of the molecule is Cc1nc(N[C@@H](C)c2cn(-c3ccc(C(F)(F)F)cc3)cn2)nc(N2C(=O)SC[C@@H]2C(C)C)n1.